The van der Waals surface area contributed by atoms with Crippen molar-refractivity contribution < 1.29 is 28.0 Å². The van der Waals surface area contributed by atoms with Crippen molar-refractivity contribution in [2.45, 2.75) is 106 Å². The van der Waals surface area contributed by atoms with Gasteiger partial charge in [-0.25, -0.2) is 23.1 Å². The quantitative estimate of drug-likeness (QED) is 0.0654. The van der Waals surface area contributed by atoms with Gasteiger partial charge in [0.1, 0.15) is 22.0 Å². The Labute approximate surface area is 373 Å². The maximum Gasteiger partial charge on any atom is 0.312 e. The van der Waals surface area contributed by atoms with Gasteiger partial charge in [0.2, 0.25) is 5.82 Å². The molecule has 0 bridgehead atoms. The summed E-state index contributed by atoms with van der Waals surface area (Å²) in [5.41, 5.74) is 3.68. The summed E-state index contributed by atoms with van der Waals surface area (Å²) < 4.78 is 35.8. The molecule has 3 saturated carbocycles. The minimum atomic E-state index is -4.62. The Kier molecular flexibility index (Phi) is 11.1. The third-order valence-corrected chi connectivity index (χ3v) is 16.1. The number of ether oxygens (including phenoxy) is 1. The number of benzene rings is 2. The van der Waals surface area contributed by atoms with E-state index in [1.165, 1.54) is 38.3 Å². The summed E-state index contributed by atoms with van der Waals surface area (Å²) in [5, 5.41) is 26.2. The molecule has 0 radical (unpaired) electrons. The predicted molar refractivity (Wildman–Crippen MR) is 243 cm³/mol. The molecule has 5 heterocycles. The number of anilines is 2. The molecule has 2 aliphatic heterocycles. The molecule has 336 valence electrons. The maximum atomic E-state index is 14.0. The second kappa shape index (κ2) is 16.8. The van der Waals surface area contributed by atoms with Crippen LogP contribution in [0.25, 0.3) is 11.0 Å². The van der Waals surface area contributed by atoms with E-state index in [4.69, 9.17) is 4.74 Å². The fourth-order valence-electron chi connectivity index (χ4n) is 10.9. The largest absolute Gasteiger partial charge is 0.455 e. The molecule has 5 aliphatic rings. The summed E-state index contributed by atoms with van der Waals surface area (Å²) in [6, 6.07) is 19.5. The first-order valence-corrected chi connectivity index (χ1v) is 24.3. The van der Waals surface area contributed by atoms with Gasteiger partial charge in [-0.05, 0) is 130 Å². The van der Waals surface area contributed by atoms with Gasteiger partial charge in [-0.3, -0.25) is 19.8 Å². The van der Waals surface area contributed by atoms with E-state index in [0.29, 0.717) is 42.7 Å². The van der Waals surface area contributed by atoms with Gasteiger partial charge in [0.15, 0.2) is 0 Å². The van der Waals surface area contributed by atoms with Crippen molar-refractivity contribution in [1.29, 1.82) is 0 Å². The highest BCUT2D eigenvalue weighted by atomic mass is 32.2. The number of fused-ring (bicyclic) bond motifs is 1. The highest BCUT2D eigenvalue weighted by Crippen LogP contribution is 2.51. The fourth-order valence-corrected chi connectivity index (χ4v) is 11.8. The van der Waals surface area contributed by atoms with Crippen molar-refractivity contribution in [3.05, 3.63) is 106 Å². The van der Waals surface area contributed by atoms with Crippen LogP contribution < -0.4 is 19.7 Å². The number of hydrogen-bond acceptors (Lipinski definition) is 12. The van der Waals surface area contributed by atoms with Crippen molar-refractivity contribution in [3.63, 3.8) is 0 Å². The maximum absolute atomic E-state index is 14.0. The first kappa shape index (κ1) is 42.4. The van der Waals surface area contributed by atoms with Gasteiger partial charge < -0.3 is 25.0 Å². The van der Waals surface area contributed by atoms with Crippen molar-refractivity contribution in [2.24, 2.45) is 11.3 Å². The van der Waals surface area contributed by atoms with Crippen molar-refractivity contribution >= 4 is 44.2 Å². The summed E-state index contributed by atoms with van der Waals surface area (Å²) in [7, 11) is -4.62. The number of carbonyl (C=O) groups excluding carboxylic acids is 1. The normalized spacial score (nSPS) is 24.7. The standard InChI is InChI=1S/C48H56N8O7S/c1-47(58)16-13-31(14-17-47)26-50-45-42(56(59)60)25-36(28-52-45)64(61,62)53-46(57)40-12-11-34(24-43(40)63-35-23-33-15-20-49-44(33)51-27-35)54-21-18-48(19-22-54)29-55(30-48)41-8-4-7-39(41)38-6-3-2-5-37(38)32-9-10-32/h2-3,5-6,11-12,15,20,23-25,27-28,31-32,39,41,58H,4,7-10,13-14,16-19,21-22,26,29-30H2,1H3,(H,49,51)(H,50,52)(H,53,57)/t31-,39-,41-,47-/m1/s1. The van der Waals surface area contributed by atoms with E-state index in [0.717, 1.165) is 81.1 Å². The molecule has 2 aromatic carbocycles. The lowest BCUT2D eigenvalue weighted by Crippen LogP contribution is -2.63. The van der Waals surface area contributed by atoms with Gasteiger partial charge in [0.05, 0.1) is 28.5 Å². The lowest BCUT2D eigenvalue weighted by Gasteiger charge is -2.57. The lowest BCUT2D eigenvalue weighted by molar-refractivity contribution is -0.384. The zero-order valence-electron chi connectivity index (χ0n) is 36.2. The van der Waals surface area contributed by atoms with Crippen LogP contribution in [0.4, 0.5) is 17.2 Å². The number of nitrogens with one attached hydrogen (secondary N) is 3. The fraction of sp³-hybridized carbons (Fsp3) is 0.479. The van der Waals surface area contributed by atoms with Gasteiger partial charge >= 0.3 is 5.69 Å². The zero-order valence-corrected chi connectivity index (χ0v) is 37.0. The average molecular weight is 889 g/mol. The van der Waals surface area contributed by atoms with E-state index >= 15 is 0 Å². The highest BCUT2D eigenvalue weighted by molar-refractivity contribution is 7.90. The van der Waals surface area contributed by atoms with Crippen LogP contribution in [0.5, 0.6) is 11.5 Å². The Balaban J connectivity index is 0.833. The summed E-state index contributed by atoms with van der Waals surface area (Å²) in [4.78, 5) is 41.5. The van der Waals surface area contributed by atoms with Gasteiger partial charge in [-0.15, -0.1) is 0 Å². The van der Waals surface area contributed by atoms with E-state index < -0.39 is 37.0 Å². The molecule has 1 spiro atoms. The summed E-state index contributed by atoms with van der Waals surface area (Å²) in [5.74, 6) is 0.999. The Morgan fingerprint density at radius 2 is 1.72 bits per heavy atom. The van der Waals surface area contributed by atoms with Crippen molar-refractivity contribution in [1.82, 2.24) is 24.6 Å². The molecule has 3 aliphatic carbocycles. The summed E-state index contributed by atoms with van der Waals surface area (Å²) in [6.07, 6.45) is 15.6. The molecule has 2 atom stereocenters. The average Bonchev–Trinajstić information content (AvgIpc) is 3.82. The molecule has 5 fully saturated rings. The van der Waals surface area contributed by atoms with Crippen LogP contribution in [0.3, 0.4) is 0 Å². The topological polar surface area (TPSA) is 196 Å². The monoisotopic (exact) mass is 888 g/mol. The molecule has 2 saturated heterocycles. The molecule has 1 amide bonds. The number of likely N-dealkylation sites (tertiary alicyclic amines) is 1. The third-order valence-electron chi connectivity index (χ3n) is 14.8. The third kappa shape index (κ3) is 8.66. The number of piperidine rings is 1. The predicted octanol–water partition coefficient (Wildman–Crippen LogP) is 8.25. The van der Waals surface area contributed by atoms with E-state index in [1.807, 2.05) is 12.1 Å². The number of aromatic nitrogens is 3. The zero-order chi connectivity index (χ0) is 44.2. The highest BCUT2D eigenvalue weighted by Gasteiger charge is 2.50. The summed E-state index contributed by atoms with van der Waals surface area (Å²) in [6.45, 7) is 6.09. The molecular formula is C48H56N8O7S. The van der Waals surface area contributed by atoms with E-state index in [9.17, 15) is 28.4 Å². The van der Waals surface area contributed by atoms with Crippen LogP contribution in [0, 0.1) is 21.4 Å². The van der Waals surface area contributed by atoms with Crippen LogP contribution >= 0.6 is 0 Å². The van der Waals surface area contributed by atoms with Crippen molar-refractivity contribution in [2.75, 3.05) is 42.9 Å². The number of sulfonamides is 1. The SMILES string of the molecule is C[C@]1(O)CC[C@H](CNc2ncc(S(=O)(=O)NC(=O)c3ccc(N4CCC5(CC4)CN([C@@H]4CCC[C@@H]4c4ccccc4C4CC4)C5)cc3Oc3cnc4[nH]ccc4c3)cc2[N+](=O)[O-])CC1. The van der Waals surface area contributed by atoms with E-state index in [1.54, 1.807) is 42.4 Å². The lowest BCUT2D eigenvalue weighted by atomic mass is 9.70. The van der Waals surface area contributed by atoms with Crippen LogP contribution in [0.15, 0.2) is 84.1 Å². The first-order chi connectivity index (χ1) is 30.8. The number of nitrogens with zero attached hydrogens (tertiary/aromatic N) is 5. The number of rotatable bonds is 13. The minimum absolute atomic E-state index is 0.0359. The molecular weight excluding hydrogens is 833 g/mol. The number of H-pyrrole nitrogens is 1. The minimum Gasteiger partial charge on any atom is -0.455 e. The van der Waals surface area contributed by atoms with Gasteiger partial charge in [-0.2, -0.15) is 0 Å². The van der Waals surface area contributed by atoms with Crippen LogP contribution in [0.1, 0.15) is 111 Å². The van der Waals surface area contributed by atoms with Crippen LogP contribution in [0.2, 0.25) is 0 Å². The molecule has 15 nitrogen and oxygen atoms in total. The number of aliphatic hydroxyl groups is 1. The molecule has 10 rings (SSSR count). The number of hydrogen-bond donors (Lipinski definition) is 4. The van der Waals surface area contributed by atoms with Gasteiger partial charge in [0.25, 0.3) is 15.9 Å². The Bertz CT molecular complexity index is 2670. The van der Waals surface area contributed by atoms with Gasteiger partial charge in [0, 0.05) is 68.2 Å². The van der Waals surface area contributed by atoms with Crippen LogP contribution in [-0.2, 0) is 10.0 Å². The number of amides is 1. The number of pyridine rings is 2. The molecule has 5 aromatic rings. The molecule has 16 heteroatoms. The Morgan fingerprint density at radius 1 is 0.953 bits per heavy atom. The number of nitro groups is 1. The second-order valence-electron chi connectivity index (χ2n) is 19.3. The smallest absolute Gasteiger partial charge is 0.312 e. The Hall–Kier alpha value is -5.58. The van der Waals surface area contributed by atoms with Crippen LogP contribution in [-0.4, -0.2) is 88.6 Å². The number of aromatic amines is 1. The molecule has 0 unspecified atom stereocenters. The van der Waals surface area contributed by atoms with Gasteiger partial charge in [-0.1, -0.05) is 30.7 Å². The van der Waals surface area contributed by atoms with Crippen molar-refractivity contribution in [3.8, 4) is 11.5 Å². The second-order valence-corrected chi connectivity index (χ2v) is 21.0. The molecule has 64 heavy (non-hydrogen) atoms. The Morgan fingerprint density at radius 3 is 2.47 bits per heavy atom. The molecule has 3 aromatic heterocycles. The van der Waals surface area contributed by atoms with E-state index in [2.05, 4.69) is 59.1 Å². The summed E-state index contributed by atoms with van der Waals surface area (Å²) >= 11 is 0. The van der Waals surface area contributed by atoms with E-state index in [-0.39, 0.29) is 28.5 Å². The number of carbonyl (C=O) groups is 1. The molecule has 4 N–H and O–H groups in total. The first-order valence-electron chi connectivity index (χ1n) is 22.8.